The summed E-state index contributed by atoms with van der Waals surface area (Å²) in [6.07, 6.45) is 6.89. The van der Waals surface area contributed by atoms with Crippen molar-refractivity contribution in [2.75, 3.05) is 18.0 Å². The highest BCUT2D eigenvalue weighted by molar-refractivity contribution is 6.13. The lowest BCUT2D eigenvalue weighted by molar-refractivity contribution is -0.124. The van der Waals surface area contributed by atoms with Crippen LogP contribution in [0.4, 0.5) is 11.4 Å². The fourth-order valence-electron chi connectivity index (χ4n) is 5.60. The number of pyridine rings is 1. The molecule has 2 aliphatic rings. The number of imidazole rings is 1. The molecule has 0 saturated carbocycles. The molecule has 7 heteroatoms. The maximum atomic E-state index is 14.1. The van der Waals surface area contributed by atoms with Gasteiger partial charge >= 0.3 is 0 Å². The van der Waals surface area contributed by atoms with Crippen molar-refractivity contribution in [1.29, 1.82) is 0 Å². The molecular weight excluding hydrogens is 438 g/mol. The molecule has 1 amide bonds. The molecule has 0 unspecified atom stereocenters. The molecule has 2 aromatic heterocycles. The summed E-state index contributed by atoms with van der Waals surface area (Å²) in [7, 11) is 0. The monoisotopic (exact) mass is 465 g/mol. The SMILES string of the molecule is CC(=O)Cn1ccnc1CN1CCC2(CC1)C(=O)N(c1cnc3ccccc3c1)c1ccccc12. The van der Waals surface area contributed by atoms with Gasteiger partial charge in [0.05, 0.1) is 41.6 Å². The van der Waals surface area contributed by atoms with Crippen molar-refractivity contribution in [1.82, 2.24) is 19.4 Å². The quantitative estimate of drug-likeness (QED) is 0.441. The minimum absolute atomic E-state index is 0.110. The number of rotatable bonds is 5. The number of carbonyl (C=O) groups excluding carboxylic acids is 2. The average molecular weight is 466 g/mol. The van der Waals surface area contributed by atoms with Crippen molar-refractivity contribution in [2.45, 2.75) is 38.3 Å². The van der Waals surface area contributed by atoms with E-state index in [0.717, 1.165) is 59.6 Å². The first-order valence-corrected chi connectivity index (χ1v) is 12.1. The van der Waals surface area contributed by atoms with Gasteiger partial charge in [-0.3, -0.25) is 24.4 Å². The second kappa shape index (κ2) is 8.43. The second-order valence-electron chi connectivity index (χ2n) is 9.58. The summed E-state index contributed by atoms with van der Waals surface area (Å²) in [5, 5.41) is 1.02. The molecule has 35 heavy (non-hydrogen) atoms. The maximum absolute atomic E-state index is 14.1. The summed E-state index contributed by atoms with van der Waals surface area (Å²) in [6, 6.07) is 18.2. The number of para-hydroxylation sites is 2. The zero-order chi connectivity index (χ0) is 24.0. The predicted octanol–water partition coefficient (Wildman–Crippen LogP) is 4.23. The highest BCUT2D eigenvalue weighted by Crippen LogP contribution is 2.50. The lowest BCUT2D eigenvalue weighted by atomic mass is 9.73. The Hall–Kier alpha value is -3.84. The van der Waals surface area contributed by atoms with Gasteiger partial charge in [0.1, 0.15) is 11.6 Å². The number of Topliss-reactive ketones (excluding diaryl/α,β-unsaturated/α-hetero) is 1. The van der Waals surface area contributed by atoms with Crippen LogP contribution in [0.1, 0.15) is 31.2 Å². The number of piperidine rings is 1. The van der Waals surface area contributed by atoms with E-state index in [-0.39, 0.29) is 11.7 Å². The van der Waals surface area contributed by atoms with Crippen LogP contribution in [0.2, 0.25) is 0 Å². The van der Waals surface area contributed by atoms with Gasteiger partial charge in [-0.25, -0.2) is 4.98 Å². The third-order valence-electron chi connectivity index (χ3n) is 7.38. The van der Waals surface area contributed by atoms with Gasteiger partial charge in [-0.2, -0.15) is 0 Å². The van der Waals surface area contributed by atoms with Crippen molar-refractivity contribution in [3.05, 3.63) is 84.6 Å². The van der Waals surface area contributed by atoms with Gasteiger partial charge in [-0.1, -0.05) is 36.4 Å². The van der Waals surface area contributed by atoms with Crippen LogP contribution in [0.3, 0.4) is 0 Å². The molecular formula is C28H27N5O2. The van der Waals surface area contributed by atoms with Gasteiger partial charge in [0.2, 0.25) is 5.91 Å². The highest BCUT2D eigenvalue weighted by Gasteiger charge is 2.52. The molecule has 2 aliphatic heterocycles. The van der Waals surface area contributed by atoms with Crippen molar-refractivity contribution < 1.29 is 9.59 Å². The Balaban J connectivity index is 1.28. The Morgan fingerprint density at radius 3 is 2.63 bits per heavy atom. The molecule has 7 nitrogen and oxygen atoms in total. The number of hydrogen-bond acceptors (Lipinski definition) is 5. The number of carbonyl (C=O) groups is 2. The van der Waals surface area contributed by atoms with Gasteiger partial charge in [0, 0.05) is 17.8 Å². The zero-order valence-electron chi connectivity index (χ0n) is 19.7. The molecule has 0 N–H and O–H groups in total. The van der Waals surface area contributed by atoms with Crippen molar-refractivity contribution >= 4 is 34.0 Å². The van der Waals surface area contributed by atoms with Gasteiger partial charge in [-0.15, -0.1) is 0 Å². The van der Waals surface area contributed by atoms with E-state index < -0.39 is 5.41 Å². The van der Waals surface area contributed by atoms with Crippen LogP contribution in [0, 0.1) is 0 Å². The first kappa shape index (κ1) is 21.7. The predicted molar refractivity (Wildman–Crippen MR) is 134 cm³/mol. The molecule has 6 rings (SSSR count). The van der Waals surface area contributed by atoms with Crippen LogP contribution in [0.15, 0.2) is 73.2 Å². The number of amides is 1. The minimum atomic E-state index is -0.534. The first-order chi connectivity index (χ1) is 17.0. The lowest BCUT2D eigenvalue weighted by Gasteiger charge is -2.38. The second-order valence-corrected chi connectivity index (χ2v) is 9.58. The maximum Gasteiger partial charge on any atom is 0.242 e. The number of benzene rings is 2. The molecule has 0 atom stereocenters. The highest BCUT2D eigenvalue weighted by atomic mass is 16.2. The summed E-state index contributed by atoms with van der Waals surface area (Å²) >= 11 is 0. The normalized spacial score (nSPS) is 17.3. The molecule has 0 bridgehead atoms. The summed E-state index contributed by atoms with van der Waals surface area (Å²) in [5.74, 6) is 1.13. The third kappa shape index (κ3) is 3.63. The molecule has 1 spiro atoms. The topological polar surface area (TPSA) is 71.3 Å². The van der Waals surface area contributed by atoms with Crippen LogP contribution in [-0.4, -0.2) is 44.2 Å². The number of nitrogens with zero attached hydrogens (tertiary/aromatic N) is 5. The van der Waals surface area contributed by atoms with Crippen LogP contribution in [0.5, 0.6) is 0 Å². The minimum Gasteiger partial charge on any atom is -0.326 e. The van der Waals surface area contributed by atoms with Crippen LogP contribution < -0.4 is 4.90 Å². The van der Waals surface area contributed by atoms with Gasteiger partial charge in [-0.05, 0) is 56.6 Å². The summed E-state index contributed by atoms with van der Waals surface area (Å²) < 4.78 is 1.91. The van der Waals surface area contributed by atoms with E-state index >= 15 is 0 Å². The molecule has 4 heterocycles. The van der Waals surface area contributed by atoms with E-state index in [9.17, 15) is 9.59 Å². The fourth-order valence-corrected chi connectivity index (χ4v) is 5.60. The van der Waals surface area contributed by atoms with Gasteiger partial charge in [0.15, 0.2) is 0 Å². The van der Waals surface area contributed by atoms with E-state index in [1.54, 1.807) is 19.3 Å². The van der Waals surface area contributed by atoms with Gasteiger partial charge < -0.3 is 4.57 Å². The Labute approximate surface area is 204 Å². The third-order valence-corrected chi connectivity index (χ3v) is 7.38. The zero-order valence-corrected chi connectivity index (χ0v) is 19.7. The Morgan fingerprint density at radius 1 is 1.03 bits per heavy atom. The van der Waals surface area contributed by atoms with Crippen LogP contribution in [-0.2, 0) is 28.1 Å². The fraction of sp³-hybridized carbons (Fsp3) is 0.286. The molecule has 1 fully saturated rings. The van der Waals surface area contributed by atoms with Crippen LogP contribution >= 0.6 is 0 Å². The Bertz CT molecular complexity index is 1430. The van der Waals surface area contributed by atoms with E-state index in [1.807, 2.05) is 58.1 Å². The van der Waals surface area contributed by atoms with E-state index in [1.165, 1.54) is 0 Å². The van der Waals surface area contributed by atoms with E-state index in [2.05, 4.69) is 27.0 Å². The number of anilines is 2. The molecule has 0 aliphatic carbocycles. The molecule has 4 aromatic rings. The van der Waals surface area contributed by atoms with Crippen molar-refractivity contribution in [3.8, 4) is 0 Å². The van der Waals surface area contributed by atoms with E-state index in [4.69, 9.17) is 0 Å². The van der Waals surface area contributed by atoms with E-state index in [0.29, 0.717) is 13.1 Å². The van der Waals surface area contributed by atoms with Crippen molar-refractivity contribution in [2.24, 2.45) is 0 Å². The summed E-state index contributed by atoms with van der Waals surface area (Å²) in [5.41, 5.74) is 3.26. The number of aromatic nitrogens is 3. The molecule has 176 valence electrons. The molecule has 0 radical (unpaired) electrons. The number of hydrogen-bond donors (Lipinski definition) is 0. The smallest absolute Gasteiger partial charge is 0.242 e. The van der Waals surface area contributed by atoms with Crippen LogP contribution in [0.25, 0.3) is 10.9 Å². The summed E-state index contributed by atoms with van der Waals surface area (Å²) in [6.45, 7) is 4.18. The Kier molecular flexibility index (Phi) is 5.22. The number of likely N-dealkylation sites (tertiary alicyclic amines) is 1. The number of fused-ring (bicyclic) bond motifs is 3. The largest absolute Gasteiger partial charge is 0.326 e. The van der Waals surface area contributed by atoms with Crippen molar-refractivity contribution in [3.63, 3.8) is 0 Å². The van der Waals surface area contributed by atoms with Gasteiger partial charge in [0.25, 0.3) is 0 Å². The number of ketones is 1. The summed E-state index contributed by atoms with van der Waals surface area (Å²) in [4.78, 5) is 39.0. The Morgan fingerprint density at radius 2 is 1.80 bits per heavy atom. The molecule has 2 aromatic carbocycles. The first-order valence-electron chi connectivity index (χ1n) is 12.1. The standard InChI is InChI=1S/C28H27N5O2/c1-20(34)18-32-15-12-29-26(32)19-31-13-10-28(11-14-31)23-7-3-5-9-25(23)33(27(28)35)22-16-21-6-2-4-8-24(21)30-17-22/h2-9,12,15-17H,10-11,13-14,18-19H2,1H3. The molecule has 1 saturated heterocycles. The average Bonchev–Trinajstić information content (AvgIpc) is 3.39. The lowest BCUT2D eigenvalue weighted by Crippen LogP contribution is -2.47.